The van der Waals surface area contributed by atoms with Gasteiger partial charge in [0.2, 0.25) is 0 Å². The average molecular weight is 303 g/mol. The molecule has 0 aromatic heterocycles. The Morgan fingerprint density at radius 1 is 1.41 bits per heavy atom. The number of aliphatic hydroxyl groups is 1. The number of aliphatic hydroxyl groups excluding tert-OH is 1. The van der Waals surface area contributed by atoms with Gasteiger partial charge < -0.3 is 19.9 Å². The Labute approximate surface area is 129 Å². The first-order valence-electron chi connectivity index (χ1n) is 7.35. The molecular weight excluding hydrogens is 284 g/mol. The first-order valence-corrected chi connectivity index (χ1v) is 7.35. The van der Waals surface area contributed by atoms with Gasteiger partial charge in [-0.15, -0.1) is 0 Å². The zero-order valence-corrected chi connectivity index (χ0v) is 12.4. The third kappa shape index (κ3) is 3.51. The number of nitrogens with zero attached hydrogens (tertiary/aromatic N) is 1. The minimum Gasteiger partial charge on any atom is -0.493 e. The molecule has 1 aromatic rings. The van der Waals surface area contributed by atoms with Crippen molar-refractivity contribution in [3.8, 4) is 11.5 Å². The second kappa shape index (κ2) is 6.27. The number of benzene rings is 1. The van der Waals surface area contributed by atoms with Crippen LogP contribution in [0.5, 0.6) is 11.5 Å². The van der Waals surface area contributed by atoms with Crippen molar-refractivity contribution in [2.24, 2.45) is 5.92 Å². The maximum atomic E-state index is 11.0. The molecule has 2 amide bonds. The summed E-state index contributed by atoms with van der Waals surface area (Å²) in [6.07, 6.45) is 3.42. The molecule has 1 aliphatic carbocycles. The average Bonchev–Trinajstić information content (AvgIpc) is 3.26. The zero-order valence-electron chi connectivity index (χ0n) is 12.4. The number of amides is 2. The van der Waals surface area contributed by atoms with Gasteiger partial charge in [0, 0.05) is 12.1 Å². The molecule has 0 bridgehead atoms. The number of ether oxygens (including phenoxy) is 2. The fourth-order valence-electron chi connectivity index (χ4n) is 2.27. The van der Waals surface area contributed by atoms with Crippen LogP contribution in [0.3, 0.4) is 0 Å². The lowest BCUT2D eigenvalue weighted by atomic mass is 10.0. The minimum absolute atomic E-state index is 0.295. The number of nitrogens with one attached hydrogen (secondary N) is 1. The Balaban J connectivity index is 1.68. The molecule has 1 radical (unpaired) electrons. The Morgan fingerprint density at radius 3 is 2.86 bits per heavy atom. The molecule has 1 heterocycles. The minimum atomic E-state index is -0.742. The van der Waals surface area contributed by atoms with Gasteiger partial charge in [0.05, 0.1) is 26.0 Å². The summed E-state index contributed by atoms with van der Waals surface area (Å²) in [4.78, 5) is 11.0. The second-order valence-corrected chi connectivity index (χ2v) is 5.60. The number of methoxy groups -OCH3 is 1. The van der Waals surface area contributed by atoms with Crippen LogP contribution in [0.4, 0.5) is 4.79 Å². The van der Waals surface area contributed by atoms with Crippen LogP contribution < -0.4 is 20.1 Å². The summed E-state index contributed by atoms with van der Waals surface area (Å²) < 4.78 is 11.1. The third-order valence-electron chi connectivity index (χ3n) is 3.76. The van der Waals surface area contributed by atoms with Crippen molar-refractivity contribution in [2.75, 3.05) is 13.7 Å². The van der Waals surface area contributed by atoms with Crippen molar-refractivity contribution in [3.05, 3.63) is 35.7 Å². The first kappa shape index (κ1) is 14.7. The molecule has 1 fully saturated rings. The first-order chi connectivity index (χ1) is 10.7. The van der Waals surface area contributed by atoms with E-state index in [0.29, 0.717) is 41.7 Å². The molecule has 6 heteroatoms. The summed E-state index contributed by atoms with van der Waals surface area (Å²) in [7, 11) is 1.59. The number of hydrogen-bond acceptors (Lipinski definition) is 4. The van der Waals surface area contributed by atoms with Crippen molar-refractivity contribution in [2.45, 2.75) is 25.4 Å². The molecule has 0 spiro atoms. The largest absolute Gasteiger partial charge is 0.493 e. The fraction of sp³-hybridized carbons (Fsp3) is 0.438. The quantitative estimate of drug-likeness (QED) is 0.808. The van der Waals surface area contributed by atoms with Gasteiger partial charge in [-0.05, 0) is 36.5 Å². The number of urea groups is 1. The topological polar surface area (TPSA) is 81.9 Å². The van der Waals surface area contributed by atoms with Crippen LogP contribution in [-0.2, 0) is 0 Å². The Morgan fingerprint density at radius 2 is 2.23 bits per heavy atom. The summed E-state index contributed by atoms with van der Waals surface area (Å²) in [5.74, 6) is 1.93. The van der Waals surface area contributed by atoms with E-state index in [1.807, 2.05) is 0 Å². The highest BCUT2D eigenvalue weighted by atomic mass is 16.5. The van der Waals surface area contributed by atoms with Gasteiger partial charge in [0.1, 0.15) is 0 Å². The van der Waals surface area contributed by atoms with Gasteiger partial charge in [-0.1, -0.05) is 6.07 Å². The zero-order chi connectivity index (χ0) is 15.5. The van der Waals surface area contributed by atoms with Crippen LogP contribution in [-0.4, -0.2) is 24.9 Å². The smallest absolute Gasteiger partial charge is 0.345 e. The monoisotopic (exact) mass is 303 g/mol. The van der Waals surface area contributed by atoms with Gasteiger partial charge >= 0.3 is 6.03 Å². The Bertz CT molecular complexity index is 596. The van der Waals surface area contributed by atoms with Crippen LogP contribution in [0, 0.1) is 5.92 Å². The fourth-order valence-corrected chi connectivity index (χ4v) is 2.27. The number of carbonyl (C=O) groups is 1. The second-order valence-electron chi connectivity index (χ2n) is 5.60. The summed E-state index contributed by atoms with van der Waals surface area (Å²) in [5, 5.41) is 16.5. The van der Waals surface area contributed by atoms with Crippen molar-refractivity contribution >= 4 is 6.03 Å². The van der Waals surface area contributed by atoms with E-state index in [4.69, 9.17) is 9.47 Å². The van der Waals surface area contributed by atoms with Crippen molar-refractivity contribution < 1.29 is 19.4 Å². The predicted octanol–water partition coefficient (Wildman–Crippen LogP) is 2.08. The molecule has 22 heavy (non-hydrogen) atoms. The van der Waals surface area contributed by atoms with E-state index in [9.17, 15) is 9.90 Å². The SMILES string of the molecule is COc1ccc(C(O)CC2=C[N]C(=O)N2)cc1OCC1CC1. The lowest BCUT2D eigenvalue weighted by molar-refractivity contribution is 0.175. The summed E-state index contributed by atoms with van der Waals surface area (Å²) in [6.45, 7) is 0.677. The highest BCUT2D eigenvalue weighted by Crippen LogP contribution is 2.35. The van der Waals surface area contributed by atoms with Gasteiger partial charge in [0.15, 0.2) is 11.5 Å². The Kier molecular flexibility index (Phi) is 4.20. The van der Waals surface area contributed by atoms with Crippen LogP contribution in [0.15, 0.2) is 30.1 Å². The summed E-state index contributed by atoms with van der Waals surface area (Å²) in [5.41, 5.74) is 1.32. The number of hydrogen-bond donors (Lipinski definition) is 2. The van der Waals surface area contributed by atoms with Gasteiger partial charge in [-0.25, -0.2) is 4.79 Å². The molecule has 0 saturated heterocycles. The van der Waals surface area contributed by atoms with Gasteiger partial charge in [-0.2, -0.15) is 5.32 Å². The molecule has 117 valence electrons. The lowest BCUT2D eigenvalue weighted by Gasteiger charge is -2.15. The molecule has 2 aliphatic rings. The normalized spacial score (nSPS) is 18.3. The number of carbonyl (C=O) groups excluding carboxylic acids is 1. The molecule has 1 saturated carbocycles. The summed E-state index contributed by atoms with van der Waals surface area (Å²) in [6, 6.07) is 4.97. The maximum Gasteiger partial charge on any atom is 0.345 e. The highest BCUT2D eigenvalue weighted by Gasteiger charge is 2.23. The Hall–Kier alpha value is -2.21. The van der Waals surface area contributed by atoms with Crippen molar-refractivity contribution in [1.82, 2.24) is 10.6 Å². The standard InChI is InChI=1S/C16H19N2O4/c1-21-14-5-4-11(6-15(14)22-9-10-2-3-10)13(19)7-12-8-17-16(20)18-12/h4-6,8,10,13,19H,2-3,7,9H2,1H3,(H,18,20). The maximum absolute atomic E-state index is 11.0. The third-order valence-corrected chi connectivity index (χ3v) is 3.76. The molecular formula is C16H19N2O4. The van der Waals surface area contributed by atoms with E-state index in [0.717, 1.165) is 0 Å². The van der Waals surface area contributed by atoms with Gasteiger partial charge in [0.25, 0.3) is 0 Å². The predicted molar refractivity (Wildman–Crippen MR) is 79.5 cm³/mol. The molecule has 1 aliphatic heterocycles. The van der Waals surface area contributed by atoms with E-state index < -0.39 is 12.1 Å². The molecule has 3 rings (SSSR count). The van der Waals surface area contributed by atoms with E-state index in [-0.39, 0.29) is 0 Å². The molecule has 1 unspecified atom stereocenters. The van der Waals surface area contributed by atoms with Crippen molar-refractivity contribution in [1.29, 1.82) is 0 Å². The van der Waals surface area contributed by atoms with Crippen LogP contribution >= 0.6 is 0 Å². The van der Waals surface area contributed by atoms with E-state index in [1.54, 1.807) is 25.3 Å². The van der Waals surface area contributed by atoms with E-state index >= 15 is 0 Å². The van der Waals surface area contributed by atoms with E-state index in [2.05, 4.69) is 10.6 Å². The molecule has 2 N–H and O–H groups in total. The summed E-state index contributed by atoms with van der Waals surface area (Å²) >= 11 is 0. The highest BCUT2D eigenvalue weighted by molar-refractivity contribution is 5.79. The lowest BCUT2D eigenvalue weighted by Crippen LogP contribution is -2.19. The van der Waals surface area contributed by atoms with Crippen LogP contribution in [0.1, 0.15) is 30.9 Å². The van der Waals surface area contributed by atoms with Crippen molar-refractivity contribution in [3.63, 3.8) is 0 Å². The van der Waals surface area contributed by atoms with Crippen LogP contribution in [0.25, 0.3) is 0 Å². The van der Waals surface area contributed by atoms with Gasteiger partial charge in [-0.3, -0.25) is 0 Å². The molecule has 6 nitrogen and oxygen atoms in total. The van der Waals surface area contributed by atoms with Crippen LogP contribution in [0.2, 0.25) is 0 Å². The number of rotatable bonds is 7. The van der Waals surface area contributed by atoms with E-state index in [1.165, 1.54) is 19.0 Å². The molecule has 1 atom stereocenters. The molecule has 1 aromatic carbocycles.